The van der Waals surface area contributed by atoms with E-state index in [0.29, 0.717) is 0 Å². The molecule has 2 heterocycles. The number of hydrogen-bond donors (Lipinski definition) is 1. The molecule has 1 N–H and O–H groups in total. The summed E-state index contributed by atoms with van der Waals surface area (Å²) in [6.45, 7) is 1.95. The van der Waals surface area contributed by atoms with E-state index in [1.54, 1.807) is 0 Å². The average Bonchev–Trinajstić information content (AvgIpc) is 2.80. The van der Waals surface area contributed by atoms with Gasteiger partial charge in [-0.25, -0.2) is 0 Å². The second-order valence-electron chi connectivity index (χ2n) is 4.77. The van der Waals surface area contributed by atoms with E-state index >= 15 is 0 Å². The summed E-state index contributed by atoms with van der Waals surface area (Å²) in [5.74, 6) is -0.403. The number of nitrogens with zero attached hydrogens (tertiary/aromatic N) is 4. The summed E-state index contributed by atoms with van der Waals surface area (Å²) in [4.78, 5) is 23.9. The summed E-state index contributed by atoms with van der Waals surface area (Å²) < 4.78 is 1.28. The maximum Gasteiger partial charge on any atom is 0.389 e. The van der Waals surface area contributed by atoms with Gasteiger partial charge in [0.15, 0.2) is 0 Å². The number of piperidine rings is 1. The topological polar surface area (TPSA) is 93.3 Å². The van der Waals surface area contributed by atoms with Crippen LogP contribution >= 0.6 is 0 Å². The van der Waals surface area contributed by atoms with Crippen LogP contribution in [0.25, 0.3) is 0 Å². The molecule has 19 heavy (non-hydrogen) atoms. The van der Waals surface area contributed by atoms with E-state index in [4.69, 9.17) is 0 Å². The Morgan fingerprint density at radius 1 is 1.58 bits per heavy atom. The van der Waals surface area contributed by atoms with Crippen LogP contribution in [0.4, 0.5) is 5.82 Å². The fourth-order valence-corrected chi connectivity index (χ4v) is 2.11. The summed E-state index contributed by atoms with van der Waals surface area (Å²) in [6.07, 6.45) is 3.30. The Hall–Kier alpha value is -1.96. The van der Waals surface area contributed by atoms with E-state index in [0.717, 1.165) is 25.9 Å². The molecule has 0 radical (unpaired) electrons. The molecule has 0 unspecified atom stereocenters. The van der Waals surface area contributed by atoms with Crippen LogP contribution in [0, 0.1) is 10.1 Å². The molecule has 0 spiro atoms. The van der Waals surface area contributed by atoms with Crippen LogP contribution in [-0.4, -0.2) is 51.7 Å². The van der Waals surface area contributed by atoms with Crippen molar-refractivity contribution in [1.29, 1.82) is 0 Å². The van der Waals surface area contributed by atoms with Gasteiger partial charge in [0.05, 0.1) is 17.4 Å². The number of nitrogens with one attached hydrogen (secondary N) is 1. The Labute approximate surface area is 110 Å². The Bertz CT molecular complexity index is 465. The highest BCUT2D eigenvalue weighted by molar-refractivity contribution is 5.76. The van der Waals surface area contributed by atoms with Crippen molar-refractivity contribution in [2.45, 2.75) is 25.4 Å². The van der Waals surface area contributed by atoms with Gasteiger partial charge in [-0.2, -0.15) is 4.68 Å². The fourth-order valence-electron chi connectivity index (χ4n) is 2.11. The van der Waals surface area contributed by atoms with Gasteiger partial charge in [-0.3, -0.25) is 4.79 Å². The molecule has 0 aliphatic carbocycles. The van der Waals surface area contributed by atoms with Crippen LogP contribution in [0.1, 0.15) is 12.8 Å². The normalized spacial score (nSPS) is 17.3. The molecule has 1 fully saturated rings. The standard InChI is InChI=1S/C11H17N5O3/c1-14-5-2-9(3-6-14)12-11(17)8-15-7-4-10(13-15)16(18)19/h4,7,9H,2-3,5-6,8H2,1H3,(H,12,17). The molecule has 0 saturated carbocycles. The van der Waals surface area contributed by atoms with E-state index in [2.05, 4.69) is 22.4 Å². The van der Waals surface area contributed by atoms with Crippen molar-refractivity contribution in [1.82, 2.24) is 20.0 Å². The van der Waals surface area contributed by atoms with Gasteiger partial charge in [0.25, 0.3) is 0 Å². The van der Waals surface area contributed by atoms with Crippen molar-refractivity contribution in [2.24, 2.45) is 0 Å². The van der Waals surface area contributed by atoms with Crippen LogP contribution in [0.3, 0.4) is 0 Å². The number of carbonyl (C=O) groups is 1. The Balaban J connectivity index is 1.82. The van der Waals surface area contributed by atoms with Crippen LogP contribution < -0.4 is 5.32 Å². The first-order chi connectivity index (χ1) is 9.04. The molecule has 8 nitrogen and oxygen atoms in total. The first-order valence-electron chi connectivity index (χ1n) is 6.20. The van der Waals surface area contributed by atoms with Crippen LogP contribution in [-0.2, 0) is 11.3 Å². The summed E-state index contributed by atoms with van der Waals surface area (Å²) in [7, 11) is 2.06. The number of aromatic nitrogens is 2. The zero-order valence-corrected chi connectivity index (χ0v) is 10.8. The van der Waals surface area contributed by atoms with Crippen molar-refractivity contribution in [3.8, 4) is 0 Å². The van der Waals surface area contributed by atoms with Crippen LogP contribution in [0.5, 0.6) is 0 Å². The van der Waals surface area contributed by atoms with E-state index in [9.17, 15) is 14.9 Å². The lowest BCUT2D eigenvalue weighted by molar-refractivity contribution is -0.389. The maximum absolute atomic E-state index is 11.8. The van der Waals surface area contributed by atoms with Crippen molar-refractivity contribution < 1.29 is 9.72 Å². The number of carbonyl (C=O) groups excluding carboxylic acids is 1. The molecule has 2 rings (SSSR count). The van der Waals surface area contributed by atoms with E-state index in [-0.39, 0.29) is 24.3 Å². The fraction of sp³-hybridized carbons (Fsp3) is 0.636. The minimum Gasteiger partial charge on any atom is -0.358 e. The van der Waals surface area contributed by atoms with E-state index in [1.807, 2.05) is 0 Å². The van der Waals surface area contributed by atoms with Gasteiger partial charge in [0.2, 0.25) is 5.91 Å². The van der Waals surface area contributed by atoms with Crippen molar-refractivity contribution >= 4 is 11.7 Å². The zero-order chi connectivity index (χ0) is 13.8. The number of hydrogen-bond acceptors (Lipinski definition) is 5. The van der Waals surface area contributed by atoms with Gasteiger partial charge in [0, 0.05) is 6.04 Å². The molecule has 1 amide bonds. The molecule has 1 saturated heterocycles. The molecule has 0 bridgehead atoms. The molecule has 0 atom stereocenters. The molecule has 0 aromatic carbocycles. The monoisotopic (exact) mass is 267 g/mol. The molecule has 1 aliphatic rings. The smallest absolute Gasteiger partial charge is 0.358 e. The maximum atomic E-state index is 11.8. The quantitative estimate of drug-likeness (QED) is 0.612. The van der Waals surface area contributed by atoms with Crippen molar-refractivity contribution in [3.05, 3.63) is 22.4 Å². The zero-order valence-electron chi connectivity index (χ0n) is 10.8. The average molecular weight is 267 g/mol. The van der Waals surface area contributed by atoms with Crippen LogP contribution in [0.2, 0.25) is 0 Å². The lowest BCUT2D eigenvalue weighted by Gasteiger charge is -2.29. The number of rotatable bonds is 4. The SMILES string of the molecule is CN1CCC(NC(=O)Cn2ccc([N+](=O)[O-])n2)CC1. The highest BCUT2D eigenvalue weighted by Crippen LogP contribution is 2.08. The second-order valence-corrected chi connectivity index (χ2v) is 4.77. The molecular formula is C11H17N5O3. The summed E-state index contributed by atoms with van der Waals surface area (Å²) in [5.41, 5.74) is 0. The largest absolute Gasteiger partial charge is 0.389 e. The lowest BCUT2D eigenvalue weighted by Crippen LogP contribution is -2.44. The third-order valence-electron chi connectivity index (χ3n) is 3.20. The molecule has 8 heteroatoms. The third kappa shape index (κ3) is 3.75. The van der Waals surface area contributed by atoms with Crippen molar-refractivity contribution in [3.63, 3.8) is 0 Å². The van der Waals surface area contributed by atoms with Crippen LogP contribution in [0.15, 0.2) is 12.3 Å². The van der Waals surface area contributed by atoms with Gasteiger partial charge in [-0.1, -0.05) is 0 Å². The Kier molecular flexibility index (Phi) is 4.10. The Morgan fingerprint density at radius 3 is 2.84 bits per heavy atom. The summed E-state index contributed by atoms with van der Waals surface area (Å²) >= 11 is 0. The second kappa shape index (κ2) is 5.79. The minimum atomic E-state index is -0.578. The molecular weight excluding hydrogens is 250 g/mol. The summed E-state index contributed by atoms with van der Waals surface area (Å²) in [6, 6.07) is 1.47. The predicted molar refractivity (Wildman–Crippen MR) is 67.5 cm³/mol. The van der Waals surface area contributed by atoms with Gasteiger partial charge < -0.3 is 20.3 Å². The first kappa shape index (κ1) is 13.5. The van der Waals surface area contributed by atoms with Gasteiger partial charge in [-0.05, 0) is 37.9 Å². The Morgan fingerprint density at radius 2 is 2.26 bits per heavy atom. The third-order valence-corrected chi connectivity index (χ3v) is 3.20. The number of nitro groups is 1. The van der Waals surface area contributed by atoms with Crippen molar-refractivity contribution in [2.75, 3.05) is 20.1 Å². The predicted octanol–water partition coefficient (Wildman–Crippen LogP) is 0.00170. The van der Waals surface area contributed by atoms with Gasteiger partial charge in [0.1, 0.15) is 6.54 Å². The molecule has 1 aliphatic heterocycles. The number of amides is 1. The number of likely N-dealkylation sites (tertiary alicyclic amines) is 1. The molecule has 1 aromatic heterocycles. The van der Waals surface area contributed by atoms with E-state index in [1.165, 1.54) is 16.9 Å². The first-order valence-corrected chi connectivity index (χ1v) is 6.20. The minimum absolute atomic E-state index is 0.0141. The highest BCUT2D eigenvalue weighted by Gasteiger charge is 2.19. The molecule has 104 valence electrons. The van der Waals surface area contributed by atoms with E-state index < -0.39 is 4.92 Å². The summed E-state index contributed by atoms with van der Waals surface area (Å²) in [5, 5.41) is 17.1. The molecule has 1 aromatic rings. The van der Waals surface area contributed by atoms with Gasteiger partial charge >= 0.3 is 5.82 Å². The van der Waals surface area contributed by atoms with Gasteiger partial charge in [-0.15, -0.1) is 0 Å². The lowest BCUT2D eigenvalue weighted by atomic mass is 10.1. The highest BCUT2D eigenvalue weighted by atomic mass is 16.6.